The maximum absolute atomic E-state index is 13.5. The molecule has 0 saturated carbocycles. The van der Waals surface area contributed by atoms with Gasteiger partial charge in [-0.25, -0.2) is 0 Å². The van der Waals surface area contributed by atoms with Crippen molar-refractivity contribution in [1.29, 1.82) is 0 Å². The smallest absolute Gasteiger partial charge is 0.243 e. The van der Waals surface area contributed by atoms with Crippen LogP contribution in [0.4, 0.5) is 5.69 Å². The van der Waals surface area contributed by atoms with Crippen LogP contribution in [-0.2, 0) is 38.6 Å². The monoisotopic (exact) mass is 649 g/mol. The van der Waals surface area contributed by atoms with Crippen LogP contribution in [0.25, 0.3) is 0 Å². The van der Waals surface area contributed by atoms with Gasteiger partial charge in [0.1, 0.15) is 18.1 Å². The summed E-state index contributed by atoms with van der Waals surface area (Å²) >= 11 is 3.41. The Balaban J connectivity index is 1.63. The van der Waals surface area contributed by atoms with Crippen molar-refractivity contribution in [3.63, 3.8) is 0 Å². The van der Waals surface area contributed by atoms with Gasteiger partial charge in [0.15, 0.2) is 0 Å². The SMILES string of the molecule is CC(C)[C@H](NC(=O)[C@H](Cc1ccccc1)NC(=O)CCc1cccc(N)c1)C(=O)N[C@@H](C)C(=O)NCc1cccc(Br)c1. The standard InChI is InChI=1S/C33H40BrN5O4/c1-21(2)30(33(43)37-22(3)31(41)36-20-25-12-7-13-26(34)17-25)39-32(42)28(19-23-9-5-4-6-10-23)38-29(40)16-15-24-11-8-14-27(35)18-24/h4-14,17-18,21-22,28,30H,15-16,19-20,35H2,1-3H3,(H,36,41)(H,37,43)(H,38,40)(H,39,42)/t22-,28-,30-/m0/s1. The molecule has 228 valence electrons. The first kappa shape index (κ1) is 33.3. The van der Waals surface area contributed by atoms with Crippen LogP contribution in [0, 0.1) is 5.92 Å². The van der Waals surface area contributed by atoms with Crippen LogP contribution in [0.15, 0.2) is 83.3 Å². The van der Waals surface area contributed by atoms with Crippen LogP contribution in [0.1, 0.15) is 43.9 Å². The molecule has 3 aromatic carbocycles. The van der Waals surface area contributed by atoms with Crippen molar-refractivity contribution in [3.8, 4) is 0 Å². The molecule has 3 rings (SSSR count). The van der Waals surface area contributed by atoms with Gasteiger partial charge in [0, 0.05) is 29.5 Å². The lowest BCUT2D eigenvalue weighted by Gasteiger charge is -2.26. The van der Waals surface area contributed by atoms with Crippen molar-refractivity contribution in [2.45, 2.75) is 64.7 Å². The highest BCUT2D eigenvalue weighted by molar-refractivity contribution is 9.10. The molecule has 0 heterocycles. The molecular weight excluding hydrogens is 610 g/mol. The molecule has 3 atom stereocenters. The lowest BCUT2D eigenvalue weighted by atomic mass is 10.0. The Morgan fingerprint density at radius 1 is 0.744 bits per heavy atom. The minimum atomic E-state index is -0.921. The third kappa shape index (κ3) is 11.2. The number of aryl methyl sites for hydroxylation is 1. The Bertz CT molecular complexity index is 1400. The number of hydrogen-bond donors (Lipinski definition) is 5. The number of carbonyl (C=O) groups excluding carboxylic acids is 4. The topological polar surface area (TPSA) is 142 Å². The van der Waals surface area contributed by atoms with Crippen LogP contribution in [0.2, 0.25) is 0 Å². The molecule has 0 aliphatic rings. The molecule has 43 heavy (non-hydrogen) atoms. The molecule has 6 N–H and O–H groups in total. The summed E-state index contributed by atoms with van der Waals surface area (Å²) in [5, 5.41) is 11.2. The van der Waals surface area contributed by atoms with E-state index in [9.17, 15) is 19.2 Å². The Morgan fingerprint density at radius 2 is 1.42 bits per heavy atom. The van der Waals surface area contributed by atoms with Crippen LogP contribution in [-0.4, -0.2) is 41.8 Å². The van der Waals surface area contributed by atoms with E-state index in [4.69, 9.17) is 5.73 Å². The summed E-state index contributed by atoms with van der Waals surface area (Å²) in [6.07, 6.45) is 0.884. The summed E-state index contributed by atoms with van der Waals surface area (Å²) in [5.41, 5.74) is 9.16. The highest BCUT2D eigenvalue weighted by Crippen LogP contribution is 2.12. The van der Waals surface area contributed by atoms with Gasteiger partial charge in [0.25, 0.3) is 0 Å². The third-order valence-electron chi connectivity index (χ3n) is 6.88. The van der Waals surface area contributed by atoms with Crippen molar-refractivity contribution in [3.05, 3.63) is 100 Å². The summed E-state index contributed by atoms with van der Waals surface area (Å²) in [5.74, 6) is -1.89. The lowest BCUT2D eigenvalue weighted by Crippen LogP contribution is -2.58. The number of halogens is 1. The van der Waals surface area contributed by atoms with Gasteiger partial charge in [-0.2, -0.15) is 0 Å². The van der Waals surface area contributed by atoms with Crippen molar-refractivity contribution in [2.75, 3.05) is 5.73 Å². The number of hydrogen-bond acceptors (Lipinski definition) is 5. The number of nitrogens with one attached hydrogen (secondary N) is 4. The van der Waals surface area contributed by atoms with Gasteiger partial charge in [-0.3, -0.25) is 19.2 Å². The first-order valence-electron chi connectivity index (χ1n) is 14.3. The Kier molecular flexibility index (Phi) is 12.8. The number of rotatable bonds is 14. The van der Waals surface area contributed by atoms with E-state index in [0.717, 1.165) is 21.2 Å². The number of nitrogens with two attached hydrogens (primary N) is 1. The fourth-order valence-electron chi connectivity index (χ4n) is 4.48. The highest BCUT2D eigenvalue weighted by Gasteiger charge is 2.30. The van der Waals surface area contributed by atoms with E-state index in [0.29, 0.717) is 18.7 Å². The van der Waals surface area contributed by atoms with Gasteiger partial charge in [0.2, 0.25) is 23.6 Å². The summed E-state index contributed by atoms with van der Waals surface area (Å²) < 4.78 is 0.902. The number of benzene rings is 3. The zero-order chi connectivity index (χ0) is 31.4. The first-order valence-corrected chi connectivity index (χ1v) is 15.1. The molecule has 0 bridgehead atoms. The van der Waals surface area contributed by atoms with E-state index in [2.05, 4.69) is 37.2 Å². The number of carbonyl (C=O) groups is 4. The maximum atomic E-state index is 13.5. The number of nitrogen functional groups attached to an aromatic ring is 1. The molecular formula is C33H40BrN5O4. The summed E-state index contributed by atoms with van der Waals surface area (Å²) in [6.45, 7) is 5.51. The highest BCUT2D eigenvalue weighted by atomic mass is 79.9. The molecule has 0 radical (unpaired) electrons. The minimum absolute atomic E-state index is 0.169. The minimum Gasteiger partial charge on any atom is -0.399 e. The second-order valence-corrected chi connectivity index (χ2v) is 11.8. The summed E-state index contributed by atoms with van der Waals surface area (Å²) in [4.78, 5) is 52.4. The molecule has 0 aliphatic heterocycles. The first-order chi connectivity index (χ1) is 20.5. The van der Waals surface area contributed by atoms with E-state index in [1.165, 1.54) is 0 Å². The van der Waals surface area contributed by atoms with Crippen molar-refractivity contribution in [2.24, 2.45) is 5.92 Å². The van der Waals surface area contributed by atoms with Gasteiger partial charge < -0.3 is 27.0 Å². The molecule has 0 aliphatic carbocycles. The fourth-order valence-corrected chi connectivity index (χ4v) is 4.93. The van der Waals surface area contributed by atoms with Crippen LogP contribution in [0.3, 0.4) is 0 Å². The number of anilines is 1. The molecule has 0 aromatic heterocycles. The zero-order valence-corrected chi connectivity index (χ0v) is 26.3. The molecule has 4 amide bonds. The lowest BCUT2D eigenvalue weighted by molar-refractivity contribution is -0.134. The second kappa shape index (κ2) is 16.5. The fraction of sp³-hybridized carbons (Fsp3) is 0.333. The normalized spacial score (nSPS) is 13.0. The van der Waals surface area contributed by atoms with Crippen molar-refractivity contribution in [1.82, 2.24) is 21.3 Å². The molecule has 3 aromatic rings. The average molecular weight is 651 g/mol. The van der Waals surface area contributed by atoms with Crippen molar-refractivity contribution >= 4 is 45.2 Å². The summed E-state index contributed by atoms with van der Waals surface area (Å²) in [7, 11) is 0. The van der Waals surface area contributed by atoms with E-state index < -0.39 is 29.9 Å². The predicted molar refractivity (Wildman–Crippen MR) is 172 cm³/mol. The van der Waals surface area contributed by atoms with E-state index in [1.54, 1.807) is 26.8 Å². The molecule has 10 heteroatoms. The van der Waals surface area contributed by atoms with Crippen LogP contribution < -0.4 is 27.0 Å². The Labute approximate surface area is 261 Å². The van der Waals surface area contributed by atoms with Crippen LogP contribution >= 0.6 is 15.9 Å². The quantitative estimate of drug-likeness (QED) is 0.170. The van der Waals surface area contributed by atoms with Crippen LogP contribution in [0.5, 0.6) is 0 Å². The van der Waals surface area contributed by atoms with Gasteiger partial charge in [0.05, 0.1) is 0 Å². The zero-order valence-electron chi connectivity index (χ0n) is 24.7. The van der Waals surface area contributed by atoms with Gasteiger partial charge in [-0.05, 0) is 60.2 Å². The molecule has 0 spiro atoms. The summed E-state index contributed by atoms with van der Waals surface area (Å²) in [6, 6.07) is 21.6. The maximum Gasteiger partial charge on any atom is 0.243 e. The van der Waals surface area contributed by atoms with E-state index >= 15 is 0 Å². The van der Waals surface area contributed by atoms with Gasteiger partial charge >= 0.3 is 0 Å². The largest absolute Gasteiger partial charge is 0.399 e. The molecule has 0 fully saturated rings. The molecule has 0 unspecified atom stereocenters. The van der Waals surface area contributed by atoms with E-state index in [1.807, 2.05) is 72.8 Å². The molecule has 9 nitrogen and oxygen atoms in total. The van der Waals surface area contributed by atoms with E-state index in [-0.39, 0.29) is 30.6 Å². The number of amides is 4. The molecule has 0 saturated heterocycles. The van der Waals surface area contributed by atoms with Crippen molar-refractivity contribution < 1.29 is 19.2 Å². The average Bonchev–Trinajstić information content (AvgIpc) is 2.97. The second-order valence-electron chi connectivity index (χ2n) is 10.9. The predicted octanol–water partition coefficient (Wildman–Crippen LogP) is 3.65. The Hall–Kier alpha value is -4.18. The van der Waals surface area contributed by atoms with Gasteiger partial charge in [-0.15, -0.1) is 0 Å². The van der Waals surface area contributed by atoms with Gasteiger partial charge in [-0.1, -0.05) is 84.4 Å². The third-order valence-corrected chi connectivity index (χ3v) is 7.37. The Morgan fingerprint density at radius 3 is 2.09 bits per heavy atom.